The van der Waals surface area contributed by atoms with E-state index in [0.29, 0.717) is 0 Å². The summed E-state index contributed by atoms with van der Waals surface area (Å²) in [5, 5.41) is 19.8. The molecular weight excluding hydrogens is 641 g/mol. The third-order valence-corrected chi connectivity index (χ3v) is 11.6. The van der Waals surface area contributed by atoms with Gasteiger partial charge in [-0.25, -0.2) is 0 Å². The monoisotopic (exact) mass is 670 g/mol. The summed E-state index contributed by atoms with van der Waals surface area (Å²) in [5.74, 6) is 0. The lowest BCUT2D eigenvalue weighted by molar-refractivity contribution is 0.673. The first-order valence-electron chi connectivity index (χ1n) is 18.3. The standard InChI is InChI=1S/C52H30O/c1-2-13-32-29-46-33(28-31(32)12-1)24-26-38-37(46)22-11-23-39(38)50-43-19-8-6-17-41(43)49(42-18-7-9-20-44(42)50)34-25-27-48-47(30-34)51-40-16-5-3-14-35(40)36-15-4-10-21-45(36)52(51)53-48/h1-30H. The van der Waals surface area contributed by atoms with E-state index in [1.807, 2.05) is 0 Å². The highest BCUT2D eigenvalue weighted by atomic mass is 16.3. The number of hydrogen-bond acceptors (Lipinski definition) is 1. The van der Waals surface area contributed by atoms with E-state index in [0.717, 1.165) is 21.9 Å². The van der Waals surface area contributed by atoms with Crippen molar-refractivity contribution >= 4 is 97.3 Å². The quantitative estimate of drug-likeness (QED) is 0.132. The third-order valence-electron chi connectivity index (χ3n) is 11.6. The molecule has 12 rings (SSSR count). The molecule has 0 N–H and O–H groups in total. The average molecular weight is 671 g/mol. The van der Waals surface area contributed by atoms with Crippen molar-refractivity contribution in [2.75, 3.05) is 0 Å². The first-order valence-corrected chi connectivity index (χ1v) is 18.3. The number of furan rings is 1. The number of fused-ring (bicyclic) bond motifs is 14. The highest BCUT2D eigenvalue weighted by molar-refractivity contribution is 6.31. The molecule has 1 nitrogen and oxygen atoms in total. The Morgan fingerprint density at radius 3 is 1.55 bits per heavy atom. The SMILES string of the molecule is c1ccc2cc3c(ccc4c(-c5c6ccccc6c(-c6ccc7oc8c9ccccc9c9ccccc9c8c7c6)c6ccccc56)cccc43)cc2c1. The van der Waals surface area contributed by atoms with Crippen LogP contribution in [0.25, 0.3) is 120 Å². The van der Waals surface area contributed by atoms with Crippen LogP contribution in [0.4, 0.5) is 0 Å². The minimum Gasteiger partial charge on any atom is -0.455 e. The fraction of sp³-hybridized carbons (Fsp3) is 0. The van der Waals surface area contributed by atoms with Gasteiger partial charge in [0.1, 0.15) is 11.2 Å². The molecule has 0 fully saturated rings. The molecular formula is C52H30O. The molecule has 244 valence electrons. The Labute approximate surface area is 304 Å². The minimum absolute atomic E-state index is 0.909. The van der Waals surface area contributed by atoms with Gasteiger partial charge in [-0.2, -0.15) is 0 Å². The second-order valence-corrected chi connectivity index (χ2v) is 14.3. The van der Waals surface area contributed by atoms with Gasteiger partial charge in [-0.1, -0.05) is 158 Å². The number of benzene rings is 11. The van der Waals surface area contributed by atoms with E-state index >= 15 is 0 Å². The van der Waals surface area contributed by atoms with Crippen LogP contribution >= 0.6 is 0 Å². The van der Waals surface area contributed by atoms with Gasteiger partial charge in [0.2, 0.25) is 0 Å². The summed E-state index contributed by atoms with van der Waals surface area (Å²) in [7, 11) is 0. The maximum absolute atomic E-state index is 6.71. The van der Waals surface area contributed by atoms with Gasteiger partial charge >= 0.3 is 0 Å². The van der Waals surface area contributed by atoms with Crippen molar-refractivity contribution in [3.63, 3.8) is 0 Å². The second kappa shape index (κ2) is 10.8. The Bertz CT molecular complexity index is 3450. The summed E-state index contributed by atoms with van der Waals surface area (Å²) in [6, 6.07) is 66.8. The molecule has 0 bridgehead atoms. The van der Waals surface area contributed by atoms with Crippen LogP contribution in [-0.4, -0.2) is 0 Å². The van der Waals surface area contributed by atoms with E-state index in [2.05, 4.69) is 182 Å². The molecule has 1 aromatic heterocycles. The molecule has 0 amide bonds. The van der Waals surface area contributed by atoms with Gasteiger partial charge in [-0.3, -0.25) is 0 Å². The minimum atomic E-state index is 0.909. The fourth-order valence-corrected chi connectivity index (χ4v) is 9.29. The molecule has 0 radical (unpaired) electrons. The van der Waals surface area contributed by atoms with E-state index in [1.165, 1.54) is 97.7 Å². The molecule has 0 spiro atoms. The molecule has 53 heavy (non-hydrogen) atoms. The lowest BCUT2D eigenvalue weighted by Crippen LogP contribution is -1.92. The van der Waals surface area contributed by atoms with Gasteiger partial charge in [0.25, 0.3) is 0 Å². The van der Waals surface area contributed by atoms with Crippen LogP contribution in [0, 0.1) is 0 Å². The van der Waals surface area contributed by atoms with E-state index in [4.69, 9.17) is 4.42 Å². The largest absolute Gasteiger partial charge is 0.455 e. The summed E-state index contributed by atoms with van der Waals surface area (Å²) >= 11 is 0. The number of hydrogen-bond donors (Lipinski definition) is 0. The van der Waals surface area contributed by atoms with Crippen molar-refractivity contribution in [3.05, 3.63) is 182 Å². The van der Waals surface area contributed by atoms with Crippen LogP contribution in [0.3, 0.4) is 0 Å². The zero-order valence-corrected chi connectivity index (χ0v) is 28.7. The summed E-state index contributed by atoms with van der Waals surface area (Å²) in [5.41, 5.74) is 6.83. The van der Waals surface area contributed by atoms with Gasteiger partial charge < -0.3 is 4.42 Å². The molecule has 0 aliphatic carbocycles. The third kappa shape index (κ3) is 4.02. The zero-order valence-electron chi connectivity index (χ0n) is 28.7. The van der Waals surface area contributed by atoms with Crippen LogP contribution in [0.2, 0.25) is 0 Å². The molecule has 1 heterocycles. The molecule has 12 aromatic rings. The molecule has 0 saturated carbocycles. The predicted molar refractivity (Wildman–Crippen MR) is 227 cm³/mol. The molecule has 1 heteroatoms. The van der Waals surface area contributed by atoms with Crippen LogP contribution in [-0.2, 0) is 0 Å². The normalized spacial score (nSPS) is 12.2. The lowest BCUT2D eigenvalue weighted by atomic mass is 9.84. The van der Waals surface area contributed by atoms with Crippen LogP contribution < -0.4 is 0 Å². The molecule has 0 atom stereocenters. The Kier molecular flexibility index (Phi) is 5.84. The van der Waals surface area contributed by atoms with Gasteiger partial charge in [0, 0.05) is 16.2 Å². The van der Waals surface area contributed by atoms with Gasteiger partial charge in [-0.15, -0.1) is 0 Å². The maximum Gasteiger partial charge on any atom is 0.143 e. The predicted octanol–water partition coefficient (Wildman–Crippen LogP) is 15.0. The Morgan fingerprint density at radius 1 is 0.283 bits per heavy atom. The topological polar surface area (TPSA) is 13.1 Å². The van der Waals surface area contributed by atoms with Crippen molar-refractivity contribution in [1.82, 2.24) is 0 Å². The second-order valence-electron chi connectivity index (χ2n) is 14.3. The van der Waals surface area contributed by atoms with Gasteiger partial charge in [0.15, 0.2) is 0 Å². The first-order chi connectivity index (χ1) is 26.3. The maximum atomic E-state index is 6.71. The van der Waals surface area contributed by atoms with Gasteiger partial charge in [-0.05, 0) is 117 Å². The smallest absolute Gasteiger partial charge is 0.143 e. The van der Waals surface area contributed by atoms with Crippen molar-refractivity contribution in [3.8, 4) is 22.3 Å². The number of rotatable bonds is 2. The van der Waals surface area contributed by atoms with E-state index in [-0.39, 0.29) is 0 Å². The van der Waals surface area contributed by atoms with E-state index in [1.54, 1.807) is 0 Å². The van der Waals surface area contributed by atoms with Crippen molar-refractivity contribution < 1.29 is 4.42 Å². The summed E-state index contributed by atoms with van der Waals surface area (Å²) in [4.78, 5) is 0. The highest BCUT2D eigenvalue weighted by Crippen LogP contribution is 2.48. The summed E-state index contributed by atoms with van der Waals surface area (Å²) in [6.07, 6.45) is 0. The Morgan fingerprint density at radius 2 is 0.830 bits per heavy atom. The Hall–Kier alpha value is -6.96. The molecule has 0 unspecified atom stereocenters. The van der Waals surface area contributed by atoms with Crippen molar-refractivity contribution in [1.29, 1.82) is 0 Å². The van der Waals surface area contributed by atoms with E-state index in [9.17, 15) is 0 Å². The highest BCUT2D eigenvalue weighted by Gasteiger charge is 2.21. The fourth-order valence-electron chi connectivity index (χ4n) is 9.29. The first kappa shape index (κ1) is 28.7. The van der Waals surface area contributed by atoms with Crippen LogP contribution in [0.15, 0.2) is 186 Å². The van der Waals surface area contributed by atoms with Crippen LogP contribution in [0.5, 0.6) is 0 Å². The summed E-state index contributed by atoms with van der Waals surface area (Å²) in [6.45, 7) is 0. The average Bonchev–Trinajstić information content (AvgIpc) is 3.61. The van der Waals surface area contributed by atoms with E-state index < -0.39 is 0 Å². The molecule has 0 aliphatic heterocycles. The Balaban J connectivity index is 1.16. The van der Waals surface area contributed by atoms with Crippen LogP contribution in [0.1, 0.15) is 0 Å². The molecule has 0 saturated heterocycles. The van der Waals surface area contributed by atoms with Crippen molar-refractivity contribution in [2.45, 2.75) is 0 Å². The zero-order chi connectivity index (χ0) is 34.6. The lowest BCUT2D eigenvalue weighted by Gasteiger charge is -2.19. The summed E-state index contributed by atoms with van der Waals surface area (Å²) < 4.78 is 6.71. The van der Waals surface area contributed by atoms with Crippen molar-refractivity contribution in [2.24, 2.45) is 0 Å². The molecule has 0 aliphatic rings. The molecule has 11 aromatic carbocycles. The van der Waals surface area contributed by atoms with Gasteiger partial charge in [0.05, 0.1) is 0 Å².